The number of unbranched alkanes of at least 4 members (excludes halogenated alkanes) is 14. The van der Waals surface area contributed by atoms with Gasteiger partial charge < -0.3 is 9.96 Å². The first-order chi connectivity index (χ1) is 10.6. The van der Waals surface area contributed by atoms with E-state index in [1.54, 1.807) is 0 Å². The van der Waals surface area contributed by atoms with Gasteiger partial charge in [0.2, 0.25) is 0 Å². The predicted molar refractivity (Wildman–Crippen MR) is 104 cm³/mol. The van der Waals surface area contributed by atoms with Crippen LogP contribution in [0.5, 0.6) is 0 Å². The van der Waals surface area contributed by atoms with E-state index in [1.165, 1.54) is 96.3 Å². The highest BCUT2D eigenvalue weighted by Gasteiger charge is 1.98. The Bertz CT molecular complexity index is 243. The van der Waals surface area contributed by atoms with Gasteiger partial charge in [0.25, 0.3) is 0 Å². The lowest BCUT2D eigenvalue weighted by molar-refractivity contribution is -0.817. The van der Waals surface area contributed by atoms with Gasteiger partial charge in [-0.3, -0.25) is 0 Å². The summed E-state index contributed by atoms with van der Waals surface area (Å²) >= 11 is 0. The second-order valence-electron chi connectivity index (χ2n) is 7.89. The van der Waals surface area contributed by atoms with E-state index in [1.807, 2.05) is 0 Å². The van der Waals surface area contributed by atoms with Crippen molar-refractivity contribution in [2.75, 3.05) is 21.1 Å². The summed E-state index contributed by atoms with van der Waals surface area (Å²) in [6, 6.07) is 0. The van der Waals surface area contributed by atoms with E-state index in [0.717, 1.165) is 4.48 Å². The zero-order valence-corrected chi connectivity index (χ0v) is 16.7. The van der Waals surface area contributed by atoms with Crippen LogP contribution in [0.4, 0.5) is 0 Å². The maximum absolute atomic E-state index is 2.35. The fourth-order valence-corrected chi connectivity index (χ4v) is 2.85. The zero-order valence-electron chi connectivity index (χ0n) is 16.7. The van der Waals surface area contributed by atoms with Crippen molar-refractivity contribution >= 4 is 0 Å². The van der Waals surface area contributed by atoms with Crippen molar-refractivity contribution in [3.8, 4) is 0 Å². The Morgan fingerprint density at radius 1 is 0.565 bits per heavy atom. The molecule has 23 heavy (non-hydrogen) atoms. The lowest BCUT2D eigenvalue weighted by Crippen LogP contribution is -2.26. The van der Waals surface area contributed by atoms with Crippen LogP contribution in [-0.2, 0) is 0 Å². The summed E-state index contributed by atoms with van der Waals surface area (Å²) in [5, 5.41) is 0. The maximum atomic E-state index is 2.35. The molecule has 0 fully saturated rings. The van der Waals surface area contributed by atoms with Crippen LogP contribution < -0.4 is 0 Å². The molecular weight excluding hydrogens is 282 g/mol. The quantitative estimate of drug-likeness (QED) is 0.224. The fourth-order valence-electron chi connectivity index (χ4n) is 2.85. The number of hydrogen-bond acceptors (Lipinski definition) is 1. The molecule has 0 aliphatic carbocycles. The van der Waals surface area contributed by atoms with Gasteiger partial charge >= 0.3 is 0 Å². The summed E-state index contributed by atoms with van der Waals surface area (Å²) in [6.07, 6.45) is 26.1. The van der Waals surface area contributed by atoms with Gasteiger partial charge in [-0.05, 0) is 18.9 Å². The molecule has 0 saturated carbocycles. The van der Waals surface area contributed by atoms with Gasteiger partial charge in [0.05, 0.1) is 27.3 Å². The molecule has 0 aromatic rings. The smallest absolute Gasteiger partial charge is 0.0911 e. The Hall–Kier alpha value is -0.340. The second kappa shape index (κ2) is 18.0. The predicted octanol–water partition coefficient (Wildman–Crippen LogP) is 6.90. The topological polar surface area (TPSA) is 30.0 Å². The molecule has 0 aliphatic heterocycles. The minimum atomic E-state index is 0. The molecule has 0 bridgehead atoms. The van der Waals surface area contributed by atoms with Gasteiger partial charge in [-0.2, -0.15) is 0 Å². The molecule has 0 aliphatic rings. The summed E-state index contributed by atoms with van der Waals surface area (Å²) in [6.45, 7) is 2.29. The lowest BCUT2D eigenvalue weighted by Gasteiger charge is -2.17. The largest absolute Gasteiger partial charge is 0.870 e. The Morgan fingerprint density at radius 2 is 0.913 bits per heavy atom. The van der Waals surface area contributed by atoms with E-state index < -0.39 is 0 Å². The molecule has 2 nitrogen and oxygen atoms in total. The molecule has 0 rings (SSSR count). The molecule has 0 amide bonds. The van der Waals surface area contributed by atoms with Crippen LogP contribution >= 0.6 is 0 Å². The van der Waals surface area contributed by atoms with E-state index >= 15 is 0 Å². The standard InChI is InChI=1S/C21H44N.H2O/c1-5-6-7-8-9-10-11-12-13-14-15-16-17-18-19-20-21-22(2,3)4;/h20-21H,5-19H2,1-4H3;1H2/q+1;/p-1/b21-20+;. The summed E-state index contributed by atoms with van der Waals surface area (Å²) in [5.74, 6) is 0. The third-order valence-corrected chi connectivity index (χ3v) is 4.28. The number of rotatable bonds is 16. The van der Waals surface area contributed by atoms with E-state index in [4.69, 9.17) is 0 Å². The molecule has 0 unspecified atom stereocenters. The minimum absolute atomic E-state index is 0. The molecular formula is C21H45NO. The Labute approximate surface area is 147 Å². The van der Waals surface area contributed by atoms with Crippen molar-refractivity contribution in [2.24, 2.45) is 0 Å². The normalized spacial score (nSPS) is 11.8. The van der Waals surface area contributed by atoms with Crippen LogP contribution in [0.2, 0.25) is 0 Å². The highest BCUT2D eigenvalue weighted by Crippen LogP contribution is 2.13. The molecule has 1 N–H and O–H groups in total. The van der Waals surface area contributed by atoms with E-state index in [0.29, 0.717) is 0 Å². The van der Waals surface area contributed by atoms with Crippen molar-refractivity contribution < 1.29 is 9.96 Å². The SMILES string of the molecule is CCCCCCCCCCCCCCCC/C=C/[N+](C)(C)C.[OH-]. The summed E-state index contributed by atoms with van der Waals surface area (Å²) < 4.78 is 0.943. The van der Waals surface area contributed by atoms with Crippen molar-refractivity contribution in [2.45, 2.75) is 103 Å². The molecule has 0 aromatic heterocycles. The van der Waals surface area contributed by atoms with Crippen LogP contribution in [-0.4, -0.2) is 31.1 Å². The highest BCUT2D eigenvalue weighted by molar-refractivity contribution is 4.72. The third-order valence-electron chi connectivity index (χ3n) is 4.28. The van der Waals surface area contributed by atoms with E-state index in [9.17, 15) is 0 Å². The first kappa shape index (κ1) is 24.9. The van der Waals surface area contributed by atoms with Gasteiger partial charge in [-0.25, -0.2) is 0 Å². The molecule has 0 spiro atoms. The van der Waals surface area contributed by atoms with E-state index in [2.05, 4.69) is 40.3 Å². The average Bonchev–Trinajstić information content (AvgIpc) is 2.45. The number of hydrogen-bond donors (Lipinski definition) is 0. The maximum Gasteiger partial charge on any atom is 0.0911 e. The molecule has 0 aromatic carbocycles. The van der Waals surface area contributed by atoms with Gasteiger partial charge in [0.1, 0.15) is 0 Å². The van der Waals surface area contributed by atoms with Crippen molar-refractivity contribution in [1.29, 1.82) is 0 Å². The molecule has 2 heteroatoms. The first-order valence-corrected chi connectivity index (χ1v) is 10.0. The van der Waals surface area contributed by atoms with Crippen molar-refractivity contribution in [3.63, 3.8) is 0 Å². The van der Waals surface area contributed by atoms with Crippen molar-refractivity contribution in [3.05, 3.63) is 12.3 Å². The molecule has 0 saturated heterocycles. The average molecular weight is 328 g/mol. The van der Waals surface area contributed by atoms with Gasteiger partial charge in [0.15, 0.2) is 0 Å². The monoisotopic (exact) mass is 327 g/mol. The molecule has 0 radical (unpaired) electrons. The fraction of sp³-hybridized carbons (Fsp3) is 0.905. The lowest BCUT2D eigenvalue weighted by atomic mass is 10.0. The van der Waals surface area contributed by atoms with Crippen LogP contribution in [0.3, 0.4) is 0 Å². The zero-order chi connectivity index (χ0) is 16.5. The van der Waals surface area contributed by atoms with Crippen molar-refractivity contribution in [1.82, 2.24) is 0 Å². The van der Waals surface area contributed by atoms with E-state index in [-0.39, 0.29) is 5.48 Å². The molecule has 140 valence electrons. The second-order valence-corrected chi connectivity index (χ2v) is 7.89. The molecule has 0 atom stereocenters. The summed E-state index contributed by atoms with van der Waals surface area (Å²) in [5.41, 5.74) is 0. The van der Waals surface area contributed by atoms with Gasteiger partial charge in [-0.1, -0.05) is 90.4 Å². The summed E-state index contributed by atoms with van der Waals surface area (Å²) in [4.78, 5) is 0. The van der Waals surface area contributed by atoms with Crippen LogP contribution in [0.1, 0.15) is 103 Å². The Morgan fingerprint density at radius 3 is 1.26 bits per heavy atom. The van der Waals surface area contributed by atoms with Crippen LogP contribution in [0.15, 0.2) is 12.3 Å². The molecule has 0 heterocycles. The first-order valence-electron chi connectivity index (χ1n) is 10.0. The minimum Gasteiger partial charge on any atom is -0.870 e. The summed E-state index contributed by atoms with van der Waals surface area (Å²) in [7, 11) is 6.63. The third kappa shape index (κ3) is 24.0. The van der Waals surface area contributed by atoms with Gasteiger partial charge in [-0.15, -0.1) is 0 Å². The van der Waals surface area contributed by atoms with Gasteiger partial charge in [0, 0.05) is 0 Å². The Kier molecular flexibility index (Phi) is 19.5. The highest BCUT2D eigenvalue weighted by atomic mass is 16.0. The van der Waals surface area contributed by atoms with Crippen LogP contribution in [0.25, 0.3) is 0 Å². The number of allylic oxidation sites excluding steroid dienone is 1. The van der Waals surface area contributed by atoms with Crippen LogP contribution in [0, 0.1) is 0 Å². The Balaban J connectivity index is 0. The number of quaternary nitrogens is 1. The number of nitrogens with zero attached hydrogens (tertiary/aromatic N) is 1.